The minimum atomic E-state index is -0.212. The number of nitrogens with zero attached hydrogens (tertiary/aromatic N) is 3. The van der Waals surface area contributed by atoms with Gasteiger partial charge in [0, 0.05) is 37.2 Å². The number of anilines is 1. The molecule has 1 amide bonds. The lowest BCUT2D eigenvalue weighted by molar-refractivity contribution is -0.121. The van der Waals surface area contributed by atoms with Crippen LogP contribution in [0.5, 0.6) is 0 Å². The Kier molecular flexibility index (Phi) is 7.52. The van der Waals surface area contributed by atoms with Crippen molar-refractivity contribution in [1.82, 2.24) is 10.2 Å². The Morgan fingerprint density at radius 2 is 1.93 bits per heavy atom. The summed E-state index contributed by atoms with van der Waals surface area (Å²) in [6.07, 6.45) is 5.39. The predicted molar refractivity (Wildman–Crippen MR) is 109 cm³/mol. The first-order chi connectivity index (χ1) is 13.5. The fraction of sp³-hybridized carbons (Fsp3) is 0.619. The molecule has 2 fully saturated rings. The molecule has 5 nitrogen and oxygen atoms in total. The van der Waals surface area contributed by atoms with Gasteiger partial charge in [-0.3, -0.25) is 9.69 Å². The summed E-state index contributed by atoms with van der Waals surface area (Å²) in [4.78, 5) is 16.1. The zero-order valence-electron chi connectivity index (χ0n) is 16.2. The van der Waals surface area contributed by atoms with E-state index in [1.54, 1.807) is 12.1 Å². The van der Waals surface area contributed by atoms with Crippen molar-refractivity contribution in [3.05, 3.63) is 29.0 Å². The van der Waals surface area contributed by atoms with Crippen molar-refractivity contribution in [3.8, 4) is 6.07 Å². The van der Waals surface area contributed by atoms with Crippen LogP contribution in [0, 0.1) is 23.1 Å². The molecule has 1 aliphatic heterocycles. The van der Waals surface area contributed by atoms with Gasteiger partial charge < -0.3 is 10.2 Å². The van der Waals surface area contributed by atoms with E-state index in [9.17, 15) is 9.18 Å². The second-order valence-electron chi connectivity index (χ2n) is 7.83. The zero-order chi connectivity index (χ0) is 19.9. The van der Waals surface area contributed by atoms with Crippen molar-refractivity contribution >= 4 is 23.2 Å². The third-order valence-corrected chi connectivity index (χ3v) is 6.16. The monoisotopic (exact) mass is 406 g/mol. The molecule has 28 heavy (non-hydrogen) atoms. The van der Waals surface area contributed by atoms with Gasteiger partial charge >= 0.3 is 0 Å². The van der Waals surface area contributed by atoms with E-state index in [4.69, 9.17) is 16.9 Å². The standard InChI is InChI=1S/C21H28ClFN4O/c22-17-3-6-19(23)20(15-17)27-13-11-26(12-14-27)10-8-16-1-4-18(5-2-16)25-21(28)7-9-24/h3,6,15-16,18H,1-2,4-5,7-8,10-14H2,(H,25,28)/t16-,18-. The Bertz CT molecular complexity index is 707. The summed E-state index contributed by atoms with van der Waals surface area (Å²) in [6, 6.07) is 6.85. The first-order valence-electron chi connectivity index (χ1n) is 10.1. The maximum absolute atomic E-state index is 14.0. The number of halogens is 2. The van der Waals surface area contributed by atoms with E-state index < -0.39 is 0 Å². The summed E-state index contributed by atoms with van der Waals surface area (Å²) in [5.41, 5.74) is 0.601. The highest BCUT2D eigenvalue weighted by atomic mass is 35.5. The van der Waals surface area contributed by atoms with E-state index in [1.807, 2.05) is 6.07 Å². The average Bonchev–Trinajstić information content (AvgIpc) is 2.70. The highest BCUT2D eigenvalue weighted by Gasteiger charge is 2.24. The molecule has 152 valence electrons. The fourth-order valence-corrected chi connectivity index (χ4v) is 4.42. The summed E-state index contributed by atoms with van der Waals surface area (Å²) in [5.74, 6) is 0.337. The van der Waals surface area contributed by atoms with Crippen molar-refractivity contribution in [2.45, 2.75) is 44.6 Å². The molecule has 1 aliphatic carbocycles. The summed E-state index contributed by atoms with van der Waals surface area (Å²) >= 11 is 6.01. The van der Waals surface area contributed by atoms with Gasteiger partial charge in [0.25, 0.3) is 0 Å². The van der Waals surface area contributed by atoms with Crippen LogP contribution in [0.1, 0.15) is 38.5 Å². The maximum atomic E-state index is 14.0. The Labute approximate surface area is 171 Å². The van der Waals surface area contributed by atoms with Crippen LogP contribution in [0.25, 0.3) is 0 Å². The number of carbonyl (C=O) groups is 1. The zero-order valence-corrected chi connectivity index (χ0v) is 16.9. The van der Waals surface area contributed by atoms with Gasteiger partial charge in [-0.15, -0.1) is 0 Å². The predicted octanol–water partition coefficient (Wildman–Crippen LogP) is 3.58. The second-order valence-corrected chi connectivity index (χ2v) is 8.27. The van der Waals surface area contributed by atoms with Gasteiger partial charge in [0.1, 0.15) is 12.2 Å². The van der Waals surface area contributed by atoms with Gasteiger partial charge in [-0.2, -0.15) is 5.26 Å². The number of hydrogen-bond donors (Lipinski definition) is 1. The molecule has 1 aromatic carbocycles. The van der Waals surface area contributed by atoms with Crippen LogP contribution in [0.15, 0.2) is 18.2 Å². The molecule has 1 heterocycles. The van der Waals surface area contributed by atoms with Crippen LogP contribution in [0.3, 0.4) is 0 Å². The van der Waals surface area contributed by atoms with Crippen molar-refractivity contribution < 1.29 is 9.18 Å². The van der Waals surface area contributed by atoms with Gasteiger partial charge in [0.05, 0.1) is 11.8 Å². The molecule has 0 radical (unpaired) electrons. The van der Waals surface area contributed by atoms with Crippen molar-refractivity contribution in [2.75, 3.05) is 37.6 Å². The lowest BCUT2D eigenvalue weighted by Crippen LogP contribution is -2.47. The van der Waals surface area contributed by atoms with Crippen molar-refractivity contribution in [3.63, 3.8) is 0 Å². The smallest absolute Gasteiger partial charge is 0.234 e. The minimum Gasteiger partial charge on any atom is -0.367 e. The summed E-state index contributed by atoms with van der Waals surface area (Å²) < 4.78 is 14.0. The Morgan fingerprint density at radius 1 is 1.21 bits per heavy atom. The molecular formula is C21H28ClFN4O. The van der Waals surface area contributed by atoms with Crippen LogP contribution in [0.2, 0.25) is 5.02 Å². The van der Waals surface area contributed by atoms with E-state index in [-0.39, 0.29) is 24.2 Å². The highest BCUT2D eigenvalue weighted by molar-refractivity contribution is 6.30. The molecule has 1 aromatic rings. The van der Waals surface area contributed by atoms with Gasteiger partial charge in [-0.25, -0.2) is 4.39 Å². The van der Waals surface area contributed by atoms with Crippen LogP contribution >= 0.6 is 11.6 Å². The number of piperazine rings is 1. The molecule has 3 rings (SSSR count). The van der Waals surface area contributed by atoms with E-state index in [1.165, 1.54) is 12.5 Å². The number of amides is 1. The van der Waals surface area contributed by atoms with Crippen molar-refractivity contribution in [1.29, 1.82) is 5.26 Å². The van der Waals surface area contributed by atoms with Gasteiger partial charge in [-0.05, 0) is 62.8 Å². The molecule has 1 saturated carbocycles. The molecule has 0 aromatic heterocycles. The second kappa shape index (κ2) is 10.1. The van der Waals surface area contributed by atoms with E-state index in [2.05, 4.69) is 15.1 Å². The topological polar surface area (TPSA) is 59.4 Å². The Hall–Kier alpha value is -1.84. The maximum Gasteiger partial charge on any atom is 0.234 e. The van der Waals surface area contributed by atoms with Crippen LogP contribution in [0.4, 0.5) is 10.1 Å². The van der Waals surface area contributed by atoms with Gasteiger partial charge in [0.15, 0.2) is 0 Å². The van der Waals surface area contributed by atoms with Crippen LogP contribution in [-0.2, 0) is 4.79 Å². The van der Waals surface area contributed by atoms with Gasteiger partial charge in [-0.1, -0.05) is 11.6 Å². The quantitative estimate of drug-likeness (QED) is 0.784. The Morgan fingerprint density at radius 3 is 2.61 bits per heavy atom. The number of nitriles is 1. The highest BCUT2D eigenvalue weighted by Crippen LogP contribution is 2.28. The molecule has 2 aliphatic rings. The molecule has 0 atom stereocenters. The SMILES string of the molecule is N#CCC(=O)N[C@H]1CC[C@H](CCN2CCN(c3cc(Cl)ccc3F)CC2)CC1. The van der Waals surface area contributed by atoms with Crippen molar-refractivity contribution in [2.24, 2.45) is 5.92 Å². The number of nitrogens with one attached hydrogen (secondary N) is 1. The molecular weight excluding hydrogens is 379 g/mol. The summed E-state index contributed by atoms with van der Waals surface area (Å²) in [5, 5.41) is 12.1. The number of benzene rings is 1. The van der Waals surface area contributed by atoms with E-state index >= 15 is 0 Å². The molecule has 0 bridgehead atoms. The fourth-order valence-electron chi connectivity index (χ4n) is 4.25. The number of carbonyl (C=O) groups excluding carboxylic acids is 1. The minimum absolute atomic E-state index is 0.0506. The molecule has 0 unspecified atom stereocenters. The third-order valence-electron chi connectivity index (χ3n) is 5.93. The molecule has 1 saturated heterocycles. The Balaban J connectivity index is 1.36. The molecule has 1 N–H and O–H groups in total. The molecule has 7 heteroatoms. The number of hydrogen-bond acceptors (Lipinski definition) is 4. The first kappa shape index (κ1) is 20.9. The molecule has 0 spiro atoms. The van der Waals surface area contributed by atoms with Crippen LogP contribution in [-0.4, -0.2) is 49.6 Å². The summed E-state index contributed by atoms with van der Waals surface area (Å²) in [7, 11) is 0. The third kappa shape index (κ3) is 5.83. The lowest BCUT2D eigenvalue weighted by Gasteiger charge is -2.37. The van der Waals surface area contributed by atoms with Gasteiger partial charge in [0.2, 0.25) is 5.91 Å². The lowest BCUT2D eigenvalue weighted by atomic mass is 9.84. The van der Waals surface area contributed by atoms with Crippen LogP contribution < -0.4 is 10.2 Å². The normalized spacial score (nSPS) is 23.2. The number of rotatable bonds is 6. The largest absolute Gasteiger partial charge is 0.367 e. The van der Waals surface area contributed by atoms with E-state index in [0.29, 0.717) is 16.6 Å². The first-order valence-corrected chi connectivity index (χ1v) is 10.5. The summed E-state index contributed by atoms with van der Waals surface area (Å²) in [6.45, 7) is 4.57. The van der Waals surface area contributed by atoms with E-state index in [0.717, 1.165) is 58.4 Å². The average molecular weight is 407 g/mol.